The Morgan fingerprint density at radius 2 is 2.05 bits per heavy atom. The highest BCUT2D eigenvalue weighted by atomic mass is 32.1. The average molecular weight is 305 g/mol. The first-order valence-electron chi connectivity index (χ1n) is 7.23. The Bertz CT molecular complexity index is 709. The molecule has 21 heavy (non-hydrogen) atoms. The second kappa shape index (κ2) is 5.72. The van der Waals surface area contributed by atoms with E-state index in [4.69, 9.17) is 5.41 Å². The van der Waals surface area contributed by atoms with E-state index < -0.39 is 0 Å². The lowest BCUT2D eigenvalue weighted by molar-refractivity contribution is 0.218. The molecule has 2 aromatic rings. The van der Waals surface area contributed by atoms with Gasteiger partial charge in [-0.05, 0) is 49.8 Å². The standard InChI is InChI=1S/C15H20N2OS.CH3N/c1-8-16-13(18)12-10-6-5-9(15(2,3)4)7-11(10)19-14(12)17-8;1-2/h9H,5-7H2,1-4H3,(H,16,17,18);2H,1H2. The van der Waals surface area contributed by atoms with Gasteiger partial charge in [0.25, 0.3) is 5.56 Å². The molecular weight excluding hydrogens is 282 g/mol. The van der Waals surface area contributed by atoms with Crippen molar-refractivity contribution in [3.05, 3.63) is 26.6 Å². The number of H-pyrrole nitrogens is 1. The van der Waals surface area contributed by atoms with Crippen molar-refractivity contribution in [2.45, 2.75) is 47.0 Å². The van der Waals surface area contributed by atoms with Gasteiger partial charge in [0.05, 0.1) is 5.39 Å². The third-order valence-corrected chi connectivity index (χ3v) is 5.41. The summed E-state index contributed by atoms with van der Waals surface area (Å²) in [6.45, 7) is 11.3. The van der Waals surface area contributed by atoms with Crippen molar-refractivity contribution >= 4 is 28.3 Å². The summed E-state index contributed by atoms with van der Waals surface area (Å²) in [5, 5.41) is 6.35. The minimum atomic E-state index is 0.0363. The maximum absolute atomic E-state index is 12.1. The van der Waals surface area contributed by atoms with E-state index in [0.29, 0.717) is 17.2 Å². The molecule has 1 atom stereocenters. The zero-order valence-corrected chi connectivity index (χ0v) is 14.0. The van der Waals surface area contributed by atoms with E-state index in [2.05, 4.69) is 37.5 Å². The molecule has 0 amide bonds. The predicted octanol–water partition coefficient (Wildman–Crippen LogP) is 3.71. The van der Waals surface area contributed by atoms with Crippen LogP contribution in [0.5, 0.6) is 0 Å². The Kier molecular flexibility index (Phi) is 4.33. The summed E-state index contributed by atoms with van der Waals surface area (Å²) < 4.78 is 0. The van der Waals surface area contributed by atoms with E-state index in [-0.39, 0.29) is 5.56 Å². The van der Waals surface area contributed by atoms with Crippen molar-refractivity contribution in [2.75, 3.05) is 0 Å². The number of aryl methyl sites for hydroxylation is 2. The molecule has 1 aliphatic carbocycles. The van der Waals surface area contributed by atoms with Gasteiger partial charge in [-0.2, -0.15) is 0 Å². The van der Waals surface area contributed by atoms with Gasteiger partial charge in [-0.15, -0.1) is 11.3 Å². The minimum absolute atomic E-state index is 0.0363. The second-order valence-corrected chi connectivity index (χ2v) is 7.72. The van der Waals surface area contributed by atoms with Crippen LogP contribution >= 0.6 is 11.3 Å². The summed E-state index contributed by atoms with van der Waals surface area (Å²) >= 11 is 1.72. The minimum Gasteiger partial charge on any atom is -0.317 e. The van der Waals surface area contributed by atoms with Gasteiger partial charge >= 0.3 is 0 Å². The highest BCUT2D eigenvalue weighted by Crippen LogP contribution is 2.41. The van der Waals surface area contributed by atoms with Gasteiger partial charge < -0.3 is 10.4 Å². The first-order chi connectivity index (χ1) is 9.86. The maximum Gasteiger partial charge on any atom is 0.259 e. The Balaban J connectivity index is 0.000000774. The fraction of sp³-hybridized carbons (Fsp3) is 0.562. The number of nitrogens with one attached hydrogen (secondary N) is 2. The van der Waals surface area contributed by atoms with Crippen LogP contribution in [-0.2, 0) is 12.8 Å². The van der Waals surface area contributed by atoms with Crippen molar-refractivity contribution < 1.29 is 0 Å². The molecule has 0 saturated heterocycles. The second-order valence-electron chi connectivity index (χ2n) is 6.64. The summed E-state index contributed by atoms with van der Waals surface area (Å²) in [4.78, 5) is 21.7. The van der Waals surface area contributed by atoms with Gasteiger partial charge in [-0.3, -0.25) is 4.79 Å². The van der Waals surface area contributed by atoms with Crippen LogP contribution in [0.3, 0.4) is 0 Å². The first kappa shape index (κ1) is 15.9. The molecule has 1 aliphatic rings. The van der Waals surface area contributed by atoms with E-state index >= 15 is 0 Å². The van der Waals surface area contributed by atoms with Crippen LogP contribution in [-0.4, -0.2) is 16.7 Å². The molecule has 0 radical (unpaired) electrons. The Hall–Kier alpha value is -1.49. The molecule has 0 aliphatic heterocycles. The fourth-order valence-electron chi connectivity index (χ4n) is 3.03. The molecule has 1 unspecified atom stereocenters. The van der Waals surface area contributed by atoms with Crippen molar-refractivity contribution in [3.63, 3.8) is 0 Å². The van der Waals surface area contributed by atoms with Crippen LogP contribution in [0, 0.1) is 23.7 Å². The van der Waals surface area contributed by atoms with E-state index in [9.17, 15) is 4.79 Å². The lowest BCUT2D eigenvalue weighted by Crippen LogP contribution is -2.26. The van der Waals surface area contributed by atoms with Gasteiger partial charge in [-0.25, -0.2) is 4.98 Å². The number of rotatable bonds is 0. The third-order valence-electron chi connectivity index (χ3n) is 4.26. The van der Waals surface area contributed by atoms with E-state index in [1.807, 2.05) is 6.92 Å². The Morgan fingerprint density at radius 3 is 2.67 bits per heavy atom. The van der Waals surface area contributed by atoms with E-state index in [0.717, 1.165) is 23.1 Å². The fourth-order valence-corrected chi connectivity index (χ4v) is 4.38. The average Bonchev–Trinajstić information content (AvgIpc) is 2.76. The molecule has 5 heteroatoms. The zero-order valence-electron chi connectivity index (χ0n) is 13.2. The number of aromatic amines is 1. The van der Waals surface area contributed by atoms with Crippen LogP contribution in [0.25, 0.3) is 10.2 Å². The molecule has 4 nitrogen and oxygen atoms in total. The van der Waals surface area contributed by atoms with Crippen molar-refractivity contribution in [3.8, 4) is 0 Å². The summed E-state index contributed by atoms with van der Waals surface area (Å²) in [5.41, 5.74) is 1.63. The van der Waals surface area contributed by atoms with Gasteiger partial charge in [0.1, 0.15) is 10.7 Å². The number of thiophene rings is 1. The molecule has 0 bridgehead atoms. The monoisotopic (exact) mass is 305 g/mol. The van der Waals surface area contributed by atoms with Crippen LogP contribution in [0.2, 0.25) is 0 Å². The zero-order chi connectivity index (χ0) is 15.8. The quantitative estimate of drug-likeness (QED) is 0.728. The number of aromatic nitrogens is 2. The van der Waals surface area contributed by atoms with Crippen LogP contribution in [0.4, 0.5) is 0 Å². The van der Waals surface area contributed by atoms with Gasteiger partial charge in [0.15, 0.2) is 0 Å². The molecule has 2 N–H and O–H groups in total. The van der Waals surface area contributed by atoms with Crippen molar-refractivity contribution in [1.82, 2.24) is 9.97 Å². The van der Waals surface area contributed by atoms with Gasteiger partial charge in [0, 0.05) is 4.88 Å². The normalized spacial score (nSPS) is 18.0. The summed E-state index contributed by atoms with van der Waals surface area (Å²) in [6.07, 6.45) is 3.29. The smallest absolute Gasteiger partial charge is 0.259 e. The summed E-state index contributed by atoms with van der Waals surface area (Å²) in [7, 11) is 0. The van der Waals surface area contributed by atoms with Gasteiger partial charge in [0.2, 0.25) is 0 Å². The molecule has 0 fully saturated rings. The SMILES string of the molecule is C=N.Cc1nc2sc3c(c2c(=O)[nH]1)CCC(C(C)(C)C)C3. The molecule has 0 saturated carbocycles. The van der Waals surface area contributed by atoms with E-state index in [1.165, 1.54) is 16.9 Å². The van der Waals surface area contributed by atoms with Crippen LogP contribution in [0.1, 0.15) is 43.5 Å². The molecule has 2 aromatic heterocycles. The summed E-state index contributed by atoms with van der Waals surface area (Å²) in [6, 6.07) is 0. The highest BCUT2D eigenvalue weighted by molar-refractivity contribution is 7.18. The Labute approximate surface area is 129 Å². The highest BCUT2D eigenvalue weighted by Gasteiger charge is 2.31. The van der Waals surface area contributed by atoms with Crippen LogP contribution < -0.4 is 5.56 Å². The molecule has 0 spiro atoms. The molecule has 114 valence electrons. The molecule has 0 aromatic carbocycles. The van der Waals surface area contributed by atoms with Crippen LogP contribution in [0.15, 0.2) is 4.79 Å². The summed E-state index contributed by atoms with van der Waals surface area (Å²) in [5.74, 6) is 1.41. The number of hydrogen-bond donors (Lipinski definition) is 2. The Morgan fingerprint density at radius 1 is 1.38 bits per heavy atom. The van der Waals surface area contributed by atoms with E-state index in [1.54, 1.807) is 11.3 Å². The third kappa shape index (κ3) is 2.93. The number of nitrogens with zero attached hydrogens (tertiary/aromatic N) is 1. The van der Waals surface area contributed by atoms with Gasteiger partial charge in [-0.1, -0.05) is 20.8 Å². The first-order valence-corrected chi connectivity index (χ1v) is 8.04. The maximum atomic E-state index is 12.1. The van der Waals surface area contributed by atoms with Crippen molar-refractivity contribution in [2.24, 2.45) is 11.3 Å². The molecular formula is C16H23N3OS. The largest absolute Gasteiger partial charge is 0.317 e. The topological polar surface area (TPSA) is 69.6 Å². The number of hydrogen-bond acceptors (Lipinski definition) is 4. The molecule has 2 heterocycles. The lowest BCUT2D eigenvalue weighted by Gasteiger charge is -2.33. The molecule has 3 rings (SSSR count). The predicted molar refractivity (Wildman–Crippen MR) is 89.8 cm³/mol. The number of fused-ring (bicyclic) bond motifs is 3. The lowest BCUT2D eigenvalue weighted by atomic mass is 9.72. The van der Waals surface area contributed by atoms with Crippen molar-refractivity contribution in [1.29, 1.82) is 5.41 Å².